The van der Waals surface area contributed by atoms with Gasteiger partial charge in [0.15, 0.2) is 0 Å². The number of carbonyl (C=O) groups excluding carboxylic acids is 1. The molecule has 1 atom stereocenters. The summed E-state index contributed by atoms with van der Waals surface area (Å²) in [5.41, 5.74) is 4.89. The molecule has 0 saturated carbocycles. The van der Waals surface area contributed by atoms with Crippen molar-refractivity contribution < 1.29 is 9.32 Å². The number of aromatic nitrogens is 1. The summed E-state index contributed by atoms with van der Waals surface area (Å²) in [5.74, 6) is 0.922. The second-order valence-corrected chi connectivity index (χ2v) is 8.73. The first-order chi connectivity index (χ1) is 16.1. The lowest BCUT2D eigenvalue weighted by molar-refractivity contribution is -0.125. The predicted octanol–water partition coefficient (Wildman–Crippen LogP) is 3.94. The average Bonchev–Trinajstić information content (AvgIpc) is 3.45. The maximum Gasteiger partial charge on any atom is 0.270 e. The van der Waals surface area contributed by atoms with Gasteiger partial charge in [0, 0.05) is 44.7 Å². The lowest BCUT2D eigenvalue weighted by atomic mass is 10.0. The Morgan fingerprint density at radius 1 is 0.970 bits per heavy atom. The Balaban J connectivity index is 1.28. The standard InChI is InChI=1S/C26H29N5O2/c1-19-23(20(2)33-28-19)18-29-13-15-30(16-14-29)26(32)24-17-25(21-9-5-3-6-10-21)31(27-24)22-11-7-4-8-12-22/h3-12,25H,13-18H2,1-2H3. The fraction of sp³-hybridized carbons (Fsp3) is 0.346. The molecular weight excluding hydrogens is 414 g/mol. The monoisotopic (exact) mass is 443 g/mol. The molecule has 0 aliphatic carbocycles. The fourth-order valence-corrected chi connectivity index (χ4v) is 4.64. The smallest absolute Gasteiger partial charge is 0.270 e. The summed E-state index contributed by atoms with van der Waals surface area (Å²) in [6.45, 7) is 7.79. The van der Waals surface area contributed by atoms with Crippen molar-refractivity contribution in [3.63, 3.8) is 0 Å². The van der Waals surface area contributed by atoms with Gasteiger partial charge in [-0.25, -0.2) is 0 Å². The first-order valence-corrected chi connectivity index (χ1v) is 11.5. The van der Waals surface area contributed by atoms with Crippen LogP contribution in [-0.4, -0.2) is 52.8 Å². The molecule has 5 rings (SSSR count). The van der Waals surface area contributed by atoms with Gasteiger partial charge in [0.1, 0.15) is 11.5 Å². The van der Waals surface area contributed by atoms with Crippen molar-refractivity contribution in [3.05, 3.63) is 83.2 Å². The molecule has 3 heterocycles. The SMILES string of the molecule is Cc1noc(C)c1CN1CCN(C(=O)C2=NN(c3ccccc3)C(c3ccccc3)C2)CC1. The number of hydrogen-bond acceptors (Lipinski definition) is 6. The Morgan fingerprint density at radius 3 is 2.27 bits per heavy atom. The number of carbonyl (C=O) groups is 1. The van der Waals surface area contributed by atoms with E-state index in [1.165, 1.54) is 0 Å². The highest BCUT2D eigenvalue weighted by atomic mass is 16.5. The van der Waals surface area contributed by atoms with E-state index in [1.54, 1.807) is 0 Å². The van der Waals surface area contributed by atoms with Crippen LogP contribution in [0, 0.1) is 13.8 Å². The molecule has 1 unspecified atom stereocenters. The summed E-state index contributed by atoms with van der Waals surface area (Å²) in [7, 11) is 0. The molecule has 0 N–H and O–H groups in total. The van der Waals surface area contributed by atoms with Gasteiger partial charge in [-0.3, -0.25) is 14.7 Å². The van der Waals surface area contributed by atoms with E-state index in [0.29, 0.717) is 25.2 Å². The van der Waals surface area contributed by atoms with Gasteiger partial charge in [-0.15, -0.1) is 0 Å². The lowest BCUT2D eigenvalue weighted by Crippen LogP contribution is -2.50. The van der Waals surface area contributed by atoms with Gasteiger partial charge in [-0.2, -0.15) is 5.10 Å². The van der Waals surface area contributed by atoms with Crippen molar-refractivity contribution in [1.29, 1.82) is 0 Å². The third kappa shape index (κ3) is 4.41. The number of para-hydroxylation sites is 1. The molecule has 33 heavy (non-hydrogen) atoms. The number of nitrogens with zero attached hydrogens (tertiary/aromatic N) is 5. The van der Waals surface area contributed by atoms with Crippen molar-refractivity contribution in [2.24, 2.45) is 5.10 Å². The molecule has 0 bridgehead atoms. The number of rotatable bonds is 5. The van der Waals surface area contributed by atoms with Crippen LogP contribution in [-0.2, 0) is 11.3 Å². The van der Waals surface area contributed by atoms with Gasteiger partial charge in [-0.1, -0.05) is 53.7 Å². The van der Waals surface area contributed by atoms with E-state index in [1.807, 2.05) is 72.3 Å². The second-order valence-electron chi connectivity index (χ2n) is 8.73. The van der Waals surface area contributed by atoms with Gasteiger partial charge in [-0.05, 0) is 31.5 Å². The number of anilines is 1. The molecule has 1 amide bonds. The van der Waals surface area contributed by atoms with Crippen molar-refractivity contribution in [1.82, 2.24) is 15.0 Å². The first-order valence-electron chi connectivity index (χ1n) is 11.5. The zero-order valence-corrected chi connectivity index (χ0v) is 19.1. The van der Waals surface area contributed by atoms with E-state index in [-0.39, 0.29) is 11.9 Å². The third-order valence-electron chi connectivity index (χ3n) is 6.58. The topological polar surface area (TPSA) is 65.2 Å². The van der Waals surface area contributed by atoms with E-state index in [9.17, 15) is 4.79 Å². The number of piperazine rings is 1. The molecule has 170 valence electrons. The van der Waals surface area contributed by atoms with Crippen LogP contribution >= 0.6 is 0 Å². The summed E-state index contributed by atoms with van der Waals surface area (Å²) in [5, 5.41) is 10.9. The van der Waals surface area contributed by atoms with Crippen LogP contribution in [0.1, 0.15) is 35.0 Å². The molecule has 0 radical (unpaired) electrons. The van der Waals surface area contributed by atoms with Crippen LogP contribution in [0.3, 0.4) is 0 Å². The van der Waals surface area contributed by atoms with Crippen LogP contribution in [0.2, 0.25) is 0 Å². The number of benzene rings is 2. The molecule has 0 spiro atoms. The Morgan fingerprint density at radius 2 is 1.64 bits per heavy atom. The van der Waals surface area contributed by atoms with Gasteiger partial charge in [0.2, 0.25) is 0 Å². The number of aryl methyl sites for hydroxylation is 2. The van der Waals surface area contributed by atoms with Crippen molar-refractivity contribution in [2.45, 2.75) is 32.9 Å². The highest BCUT2D eigenvalue weighted by Crippen LogP contribution is 2.35. The Kier molecular flexibility index (Phi) is 5.96. The van der Waals surface area contributed by atoms with Crippen LogP contribution in [0.15, 0.2) is 70.3 Å². The van der Waals surface area contributed by atoms with E-state index in [0.717, 1.165) is 47.9 Å². The highest BCUT2D eigenvalue weighted by Gasteiger charge is 2.35. The molecule has 7 nitrogen and oxygen atoms in total. The minimum Gasteiger partial charge on any atom is -0.361 e. The van der Waals surface area contributed by atoms with Crippen molar-refractivity contribution >= 4 is 17.3 Å². The second kappa shape index (κ2) is 9.19. The maximum absolute atomic E-state index is 13.4. The molecule has 1 saturated heterocycles. The number of amides is 1. The van der Waals surface area contributed by atoms with Crippen LogP contribution < -0.4 is 5.01 Å². The number of hydrogen-bond donors (Lipinski definition) is 0. The Hall–Kier alpha value is -3.45. The zero-order chi connectivity index (χ0) is 22.8. The summed E-state index contributed by atoms with van der Waals surface area (Å²) in [6.07, 6.45) is 0.608. The molecule has 3 aromatic rings. The largest absolute Gasteiger partial charge is 0.361 e. The van der Waals surface area contributed by atoms with Crippen LogP contribution in [0.4, 0.5) is 5.69 Å². The molecule has 2 aliphatic rings. The van der Waals surface area contributed by atoms with E-state index in [4.69, 9.17) is 9.62 Å². The lowest BCUT2D eigenvalue weighted by Gasteiger charge is -2.34. The molecule has 2 aliphatic heterocycles. The average molecular weight is 444 g/mol. The Labute approximate surface area is 194 Å². The van der Waals surface area contributed by atoms with E-state index < -0.39 is 0 Å². The third-order valence-corrected chi connectivity index (χ3v) is 6.58. The summed E-state index contributed by atoms with van der Waals surface area (Å²) in [6, 6.07) is 20.4. The van der Waals surface area contributed by atoms with Crippen LogP contribution in [0.25, 0.3) is 0 Å². The van der Waals surface area contributed by atoms with Crippen molar-refractivity contribution in [3.8, 4) is 0 Å². The van der Waals surface area contributed by atoms with Gasteiger partial charge >= 0.3 is 0 Å². The highest BCUT2D eigenvalue weighted by molar-refractivity contribution is 6.39. The Bertz CT molecular complexity index is 1110. The molecular formula is C26H29N5O2. The van der Waals surface area contributed by atoms with Gasteiger partial charge in [0.25, 0.3) is 5.91 Å². The fourth-order valence-electron chi connectivity index (χ4n) is 4.64. The predicted molar refractivity (Wildman–Crippen MR) is 128 cm³/mol. The van der Waals surface area contributed by atoms with Crippen molar-refractivity contribution in [2.75, 3.05) is 31.2 Å². The van der Waals surface area contributed by atoms with E-state index in [2.05, 4.69) is 22.2 Å². The van der Waals surface area contributed by atoms with Crippen LogP contribution in [0.5, 0.6) is 0 Å². The number of hydrazone groups is 1. The van der Waals surface area contributed by atoms with E-state index >= 15 is 0 Å². The van der Waals surface area contributed by atoms with Gasteiger partial charge in [0.05, 0.1) is 17.4 Å². The maximum atomic E-state index is 13.4. The van der Waals surface area contributed by atoms with Gasteiger partial charge < -0.3 is 9.42 Å². The summed E-state index contributed by atoms with van der Waals surface area (Å²) in [4.78, 5) is 17.7. The minimum absolute atomic E-state index is 0.0216. The normalized spacial score (nSPS) is 19.1. The quantitative estimate of drug-likeness (QED) is 0.598. The summed E-state index contributed by atoms with van der Waals surface area (Å²) >= 11 is 0. The first kappa shape index (κ1) is 21.4. The zero-order valence-electron chi connectivity index (χ0n) is 19.1. The molecule has 7 heteroatoms. The molecule has 1 aromatic heterocycles. The molecule has 2 aromatic carbocycles. The minimum atomic E-state index is 0.0216. The summed E-state index contributed by atoms with van der Waals surface area (Å²) < 4.78 is 5.30. The molecule has 1 fully saturated rings.